The van der Waals surface area contributed by atoms with Gasteiger partial charge in [-0.15, -0.1) is 0 Å². The minimum atomic E-state index is -4.29. The van der Waals surface area contributed by atoms with Crippen molar-refractivity contribution in [3.8, 4) is 11.1 Å². The second kappa shape index (κ2) is 8.97. The fraction of sp³-hybridized carbons (Fsp3) is 0.391. The van der Waals surface area contributed by atoms with E-state index in [1.54, 1.807) is 5.54 Å². The predicted octanol–water partition coefficient (Wildman–Crippen LogP) is 7.86. The SMILES string of the molecule is FC(F)(F)c1ccc(-c2ccc(CC[C@H]3CC[C@H](/C=C/Cl)CC3)cc2)cc1. The van der Waals surface area contributed by atoms with Crippen LogP contribution in [-0.2, 0) is 12.6 Å². The molecule has 1 aliphatic carbocycles. The summed E-state index contributed by atoms with van der Waals surface area (Å²) in [5.74, 6) is 1.42. The van der Waals surface area contributed by atoms with E-state index in [2.05, 4.69) is 18.2 Å². The summed E-state index contributed by atoms with van der Waals surface area (Å²) in [4.78, 5) is 0. The van der Waals surface area contributed by atoms with Crippen LogP contribution in [0.3, 0.4) is 0 Å². The minimum absolute atomic E-state index is 0.612. The maximum atomic E-state index is 12.7. The molecule has 0 aromatic heterocycles. The van der Waals surface area contributed by atoms with Crippen molar-refractivity contribution in [2.75, 3.05) is 0 Å². The number of hydrogen-bond acceptors (Lipinski definition) is 0. The molecule has 2 aromatic carbocycles. The number of aryl methyl sites for hydroxylation is 1. The molecule has 0 nitrogen and oxygen atoms in total. The lowest BCUT2D eigenvalue weighted by Gasteiger charge is -2.26. The van der Waals surface area contributed by atoms with Gasteiger partial charge in [0, 0.05) is 5.54 Å². The zero-order valence-corrected chi connectivity index (χ0v) is 15.9. The first-order valence-corrected chi connectivity index (χ1v) is 9.93. The van der Waals surface area contributed by atoms with E-state index in [0.29, 0.717) is 5.92 Å². The topological polar surface area (TPSA) is 0 Å². The van der Waals surface area contributed by atoms with E-state index in [9.17, 15) is 13.2 Å². The Hall–Kier alpha value is -1.74. The first-order valence-electron chi connectivity index (χ1n) is 9.49. The second-order valence-corrected chi connectivity index (χ2v) is 7.66. The first-order chi connectivity index (χ1) is 13.0. The number of allylic oxidation sites excluding steroid dienone is 1. The molecule has 0 unspecified atom stereocenters. The van der Waals surface area contributed by atoms with E-state index in [1.807, 2.05) is 12.1 Å². The maximum absolute atomic E-state index is 12.7. The van der Waals surface area contributed by atoms with Gasteiger partial charge in [-0.1, -0.05) is 54.1 Å². The third-order valence-electron chi connectivity index (χ3n) is 5.58. The van der Waals surface area contributed by atoms with Crippen LogP contribution in [0.15, 0.2) is 60.1 Å². The Bertz CT molecular complexity index is 737. The molecule has 0 saturated heterocycles. The molecule has 3 rings (SSSR count). The van der Waals surface area contributed by atoms with Gasteiger partial charge in [-0.3, -0.25) is 0 Å². The van der Waals surface area contributed by atoms with Gasteiger partial charge in [0.1, 0.15) is 0 Å². The summed E-state index contributed by atoms with van der Waals surface area (Å²) in [6, 6.07) is 13.5. The molecule has 144 valence electrons. The molecular weight excluding hydrogens is 369 g/mol. The summed E-state index contributed by atoms with van der Waals surface area (Å²) in [5.41, 5.74) is 4.07. The highest BCUT2D eigenvalue weighted by Crippen LogP contribution is 2.33. The molecule has 0 spiro atoms. The lowest BCUT2D eigenvalue weighted by Crippen LogP contribution is -2.13. The van der Waals surface area contributed by atoms with Gasteiger partial charge < -0.3 is 0 Å². The van der Waals surface area contributed by atoms with Crippen LogP contribution in [0.25, 0.3) is 11.1 Å². The Kier molecular flexibility index (Phi) is 6.64. The highest BCUT2D eigenvalue weighted by Gasteiger charge is 2.29. The summed E-state index contributed by atoms with van der Waals surface area (Å²) in [6.07, 6.45) is 5.02. The van der Waals surface area contributed by atoms with Gasteiger partial charge >= 0.3 is 6.18 Å². The zero-order chi connectivity index (χ0) is 19.3. The van der Waals surface area contributed by atoms with Crippen LogP contribution in [-0.4, -0.2) is 0 Å². The molecule has 4 heteroatoms. The van der Waals surface area contributed by atoms with E-state index < -0.39 is 11.7 Å². The van der Waals surface area contributed by atoms with Crippen molar-refractivity contribution >= 4 is 11.6 Å². The average molecular weight is 393 g/mol. The third-order valence-corrected chi connectivity index (χ3v) is 5.72. The molecule has 0 radical (unpaired) electrons. The van der Waals surface area contributed by atoms with Crippen molar-refractivity contribution in [2.24, 2.45) is 11.8 Å². The van der Waals surface area contributed by atoms with E-state index in [0.717, 1.165) is 35.6 Å². The molecule has 0 aliphatic heterocycles. The van der Waals surface area contributed by atoms with Crippen LogP contribution in [0.1, 0.15) is 43.2 Å². The molecular formula is C23H24ClF3. The normalized spacial score (nSPS) is 20.9. The Labute approximate surface area is 164 Å². The van der Waals surface area contributed by atoms with E-state index in [4.69, 9.17) is 11.6 Å². The van der Waals surface area contributed by atoms with Crippen molar-refractivity contribution < 1.29 is 13.2 Å². The molecule has 1 saturated carbocycles. The number of rotatable bonds is 5. The van der Waals surface area contributed by atoms with Gasteiger partial charge in [-0.2, -0.15) is 13.2 Å². The molecule has 0 heterocycles. The van der Waals surface area contributed by atoms with Crippen molar-refractivity contribution in [3.05, 3.63) is 71.3 Å². The van der Waals surface area contributed by atoms with E-state index >= 15 is 0 Å². The summed E-state index contributed by atoms with van der Waals surface area (Å²) in [7, 11) is 0. The third kappa shape index (κ3) is 5.62. The van der Waals surface area contributed by atoms with Gasteiger partial charge in [0.05, 0.1) is 5.56 Å². The Morgan fingerprint density at radius 1 is 0.852 bits per heavy atom. The second-order valence-electron chi connectivity index (χ2n) is 7.41. The summed E-state index contributed by atoms with van der Waals surface area (Å²) in [5, 5.41) is 0. The number of benzene rings is 2. The smallest absolute Gasteiger partial charge is 0.166 e. The number of halogens is 4. The average Bonchev–Trinajstić information content (AvgIpc) is 2.68. The Morgan fingerprint density at radius 3 is 1.93 bits per heavy atom. The van der Waals surface area contributed by atoms with Crippen LogP contribution in [0, 0.1) is 11.8 Å². The highest BCUT2D eigenvalue weighted by atomic mass is 35.5. The molecule has 27 heavy (non-hydrogen) atoms. The van der Waals surface area contributed by atoms with Gasteiger partial charge in [0.15, 0.2) is 0 Å². The predicted molar refractivity (Wildman–Crippen MR) is 106 cm³/mol. The standard InChI is InChI=1S/C23H24ClF3/c24-16-15-19-5-3-17(4-6-19)1-2-18-7-9-20(10-8-18)21-11-13-22(14-12-21)23(25,26)27/h7-17,19H,1-6H2/b16-15+/t17-,19-. The monoisotopic (exact) mass is 392 g/mol. The maximum Gasteiger partial charge on any atom is 0.416 e. The summed E-state index contributed by atoms with van der Waals surface area (Å²) in [6.45, 7) is 0. The van der Waals surface area contributed by atoms with Gasteiger partial charge in [0.2, 0.25) is 0 Å². The molecule has 0 amide bonds. The van der Waals surface area contributed by atoms with Crippen LogP contribution < -0.4 is 0 Å². The summed E-state index contributed by atoms with van der Waals surface area (Å²) >= 11 is 5.67. The first kappa shape index (κ1) is 20.0. The Balaban J connectivity index is 1.53. The molecule has 0 atom stereocenters. The van der Waals surface area contributed by atoms with Gasteiger partial charge in [-0.25, -0.2) is 0 Å². The van der Waals surface area contributed by atoms with Crippen molar-refractivity contribution in [2.45, 2.75) is 44.7 Å². The van der Waals surface area contributed by atoms with Crippen LogP contribution in [0.2, 0.25) is 0 Å². The minimum Gasteiger partial charge on any atom is -0.166 e. The van der Waals surface area contributed by atoms with E-state index in [1.165, 1.54) is 49.8 Å². The zero-order valence-electron chi connectivity index (χ0n) is 15.2. The largest absolute Gasteiger partial charge is 0.416 e. The fourth-order valence-corrected chi connectivity index (χ4v) is 4.06. The summed E-state index contributed by atoms with van der Waals surface area (Å²) < 4.78 is 38.0. The lowest BCUT2D eigenvalue weighted by molar-refractivity contribution is -0.137. The molecule has 2 aromatic rings. The van der Waals surface area contributed by atoms with Crippen molar-refractivity contribution in [3.63, 3.8) is 0 Å². The molecule has 1 aliphatic rings. The lowest BCUT2D eigenvalue weighted by atomic mass is 9.79. The molecule has 0 N–H and O–H groups in total. The van der Waals surface area contributed by atoms with Crippen LogP contribution >= 0.6 is 11.6 Å². The van der Waals surface area contributed by atoms with E-state index in [-0.39, 0.29) is 0 Å². The van der Waals surface area contributed by atoms with Gasteiger partial charge in [0.25, 0.3) is 0 Å². The van der Waals surface area contributed by atoms with Gasteiger partial charge in [-0.05, 0) is 79.2 Å². The van der Waals surface area contributed by atoms with Crippen LogP contribution in [0.4, 0.5) is 13.2 Å². The number of alkyl halides is 3. The quantitative estimate of drug-likeness (QED) is 0.485. The van der Waals surface area contributed by atoms with Crippen LogP contribution in [0.5, 0.6) is 0 Å². The molecule has 0 bridgehead atoms. The highest BCUT2D eigenvalue weighted by molar-refractivity contribution is 6.25. The van der Waals surface area contributed by atoms with Crippen molar-refractivity contribution in [1.82, 2.24) is 0 Å². The number of hydrogen-bond donors (Lipinski definition) is 0. The molecule has 1 fully saturated rings. The Morgan fingerprint density at radius 2 is 1.41 bits per heavy atom. The van der Waals surface area contributed by atoms with Crippen molar-refractivity contribution in [1.29, 1.82) is 0 Å². The fourth-order valence-electron chi connectivity index (χ4n) is 3.86.